The van der Waals surface area contributed by atoms with Crippen molar-refractivity contribution in [3.63, 3.8) is 0 Å². The van der Waals surface area contributed by atoms with Gasteiger partial charge in [0.1, 0.15) is 17.0 Å². The first-order valence-corrected chi connectivity index (χ1v) is 18.7. The molecule has 0 radical (unpaired) electrons. The fraction of sp³-hybridized carbons (Fsp3) is 0.389. The molecule has 0 aliphatic carbocycles. The Morgan fingerprint density at radius 3 is 2.47 bits per heavy atom. The SMILES string of the molecule is COc1cc(C(=O)N(C)c2ccc(C)cc2OCCCCCC(=O)N2CCN(C)CC2)ccc1NC(=O)c1cccc2[nH]c(NS(C)(=O)=O)nc12. The molecule has 2 heterocycles. The number of sulfonamides is 1. The zero-order valence-electron chi connectivity index (χ0n) is 29.6. The number of H-pyrrole nitrogens is 1. The number of amides is 3. The number of ether oxygens (including phenoxy) is 2. The highest BCUT2D eigenvalue weighted by Gasteiger charge is 2.22. The number of nitrogens with one attached hydrogen (secondary N) is 3. The van der Waals surface area contributed by atoms with Gasteiger partial charge in [-0.1, -0.05) is 12.1 Å². The zero-order valence-corrected chi connectivity index (χ0v) is 30.4. The van der Waals surface area contributed by atoms with Gasteiger partial charge in [-0.25, -0.2) is 13.4 Å². The Morgan fingerprint density at radius 2 is 1.75 bits per heavy atom. The number of hydrogen-bond acceptors (Lipinski definition) is 9. The van der Waals surface area contributed by atoms with Gasteiger partial charge in [-0.15, -0.1) is 0 Å². The first kappa shape index (κ1) is 37.1. The fourth-order valence-electron chi connectivity index (χ4n) is 5.82. The molecule has 15 heteroatoms. The second-order valence-corrected chi connectivity index (χ2v) is 14.5. The Hall–Kier alpha value is -5.15. The van der Waals surface area contributed by atoms with Crippen LogP contribution in [0.2, 0.25) is 0 Å². The van der Waals surface area contributed by atoms with Crippen molar-refractivity contribution in [3.8, 4) is 11.5 Å². The van der Waals surface area contributed by atoms with Gasteiger partial charge in [-0.3, -0.25) is 19.1 Å². The van der Waals surface area contributed by atoms with Crippen LogP contribution in [0.5, 0.6) is 11.5 Å². The quantitative estimate of drug-likeness (QED) is 0.159. The number of unbranched alkanes of at least 4 members (excludes halogenated alkanes) is 2. The molecule has 5 rings (SSSR count). The number of methoxy groups -OCH3 is 1. The van der Waals surface area contributed by atoms with Gasteiger partial charge in [0.15, 0.2) is 0 Å². The summed E-state index contributed by atoms with van der Waals surface area (Å²) in [6, 6.07) is 15.3. The molecular weight excluding hydrogens is 675 g/mol. The Balaban J connectivity index is 1.21. The van der Waals surface area contributed by atoms with Gasteiger partial charge in [0, 0.05) is 45.2 Å². The van der Waals surface area contributed by atoms with Crippen molar-refractivity contribution >= 4 is 56.1 Å². The predicted octanol–water partition coefficient (Wildman–Crippen LogP) is 4.49. The van der Waals surface area contributed by atoms with E-state index in [1.165, 1.54) is 12.0 Å². The van der Waals surface area contributed by atoms with Crippen LogP contribution in [0.1, 0.15) is 52.0 Å². The molecule has 1 aliphatic heterocycles. The molecule has 4 aromatic rings. The number of nitrogens with zero attached hydrogens (tertiary/aromatic N) is 4. The van der Waals surface area contributed by atoms with Crippen LogP contribution in [0.25, 0.3) is 11.0 Å². The Morgan fingerprint density at radius 1 is 0.980 bits per heavy atom. The molecule has 0 atom stereocenters. The Labute approximate surface area is 298 Å². The van der Waals surface area contributed by atoms with E-state index in [4.69, 9.17) is 9.47 Å². The summed E-state index contributed by atoms with van der Waals surface area (Å²) in [5.41, 5.74) is 3.20. The molecule has 1 aromatic heterocycles. The minimum absolute atomic E-state index is 0.00990. The van der Waals surface area contributed by atoms with Crippen LogP contribution in [0.4, 0.5) is 17.3 Å². The Bertz CT molecular complexity index is 2010. The van der Waals surface area contributed by atoms with Crippen molar-refractivity contribution in [3.05, 3.63) is 71.3 Å². The number of carbonyl (C=O) groups excluding carboxylic acids is 3. The molecule has 272 valence electrons. The predicted molar refractivity (Wildman–Crippen MR) is 197 cm³/mol. The first-order valence-electron chi connectivity index (χ1n) is 16.8. The number of carbonyl (C=O) groups is 3. The topological polar surface area (TPSA) is 166 Å². The monoisotopic (exact) mass is 719 g/mol. The minimum Gasteiger partial charge on any atom is -0.495 e. The van der Waals surface area contributed by atoms with E-state index in [1.54, 1.807) is 43.4 Å². The number of aryl methyl sites for hydroxylation is 1. The van der Waals surface area contributed by atoms with E-state index < -0.39 is 15.9 Å². The molecule has 3 amide bonds. The first-order chi connectivity index (χ1) is 24.3. The lowest BCUT2D eigenvalue weighted by Crippen LogP contribution is -2.47. The highest BCUT2D eigenvalue weighted by molar-refractivity contribution is 7.92. The van der Waals surface area contributed by atoms with Crippen LogP contribution in [0.3, 0.4) is 0 Å². The molecule has 0 saturated carbocycles. The lowest BCUT2D eigenvalue weighted by molar-refractivity contribution is -0.132. The van der Waals surface area contributed by atoms with Crippen LogP contribution in [0.15, 0.2) is 54.6 Å². The van der Waals surface area contributed by atoms with E-state index in [0.717, 1.165) is 57.3 Å². The molecule has 1 aliphatic rings. The van der Waals surface area contributed by atoms with E-state index >= 15 is 0 Å². The van der Waals surface area contributed by atoms with E-state index in [9.17, 15) is 22.8 Å². The smallest absolute Gasteiger partial charge is 0.258 e. The lowest BCUT2D eigenvalue weighted by Gasteiger charge is -2.32. The van der Waals surface area contributed by atoms with Gasteiger partial charge in [0.2, 0.25) is 21.9 Å². The summed E-state index contributed by atoms with van der Waals surface area (Å²) in [5, 5.41) is 2.81. The van der Waals surface area contributed by atoms with E-state index in [0.29, 0.717) is 41.2 Å². The van der Waals surface area contributed by atoms with Gasteiger partial charge in [-0.05, 0) is 81.3 Å². The maximum atomic E-state index is 13.7. The number of hydrogen-bond donors (Lipinski definition) is 3. The van der Waals surface area contributed by atoms with E-state index in [1.807, 2.05) is 30.0 Å². The molecule has 1 fully saturated rings. The summed E-state index contributed by atoms with van der Waals surface area (Å²) < 4.78 is 37.3. The summed E-state index contributed by atoms with van der Waals surface area (Å²) in [5.74, 6) is 0.235. The van der Waals surface area contributed by atoms with Gasteiger partial charge < -0.3 is 34.5 Å². The third-order valence-corrected chi connectivity index (χ3v) is 9.23. The summed E-state index contributed by atoms with van der Waals surface area (Å²) in [6.45, 7) is 5.80. The number of benzene rings is 3. The molecule has 3 aromatic carbocycles. The second-order valence-electron chi connectivity index (χ2n) is 12.7. The maximum absolute atomic E-state index is 13.7. The van der Waals surface area contributed by atoms with E-state index in [2.05, 4.69) is 32.0 Å². The summed E-state index contributed by atoms with van der Waals surface area (Å²) in [4.78, 5) is 52.4. The molecule has 3 N–H and O–H groups in total. The van der Waals surface area contributed by atoms with Crippen LogP contribution in [0, 0.1) is 6.92 Å². The van der Waals surface area contributed by atoms with Gasteiger partial charge in [0.25, 0.3) is 11.8 Å². The highest BCUT2D eigenvalue weighted by atomic mass is 32.2. The maximum Gasteiger partial charge on any atom is 0.258 e. The number of piperazine rings is 1. The molecule has 1 saturated heterocycles. The normalized spacial score (nSPS) is 13.5. The fourth-order valence-corrected chi connectivity index (χ4v) is 6.27. The van der Waals surface area contributed by atoms with Crippen molar-refractivity contribution in [2.24, 2.45) is 0 Å². The number of fused-ring (bicyclic) bond motifs is 1. The van der Waals surface area contributed by atoms with Crippen molar-refractivity contribution < 1.29 is 32.3 Å². The zero-order chi connectivity index (χ0) is 36.7. The summed E-state index contributed by atoms with van der Waals surface area (Å²) >= 11 is 0. The third-order valence-electron chi connectivity index (χ3n) is 8.67. The highest BCUT2D eigenvalue weighted by Crippen LogP contribution is 2.32. The number of aromatic amines is 1. The number of aromatic nitrogens is 2. The number of likely N-dealkylation sites (N-methyl/N-ethyl adjacent to an activating group) is 1. The van der Waals surface area contributed by atoms with Crippen molar-refractivity contribution in [1.29, 1.82) is 0 Å². The minimum atomic E-state index is -3.58. The van der Waals surface area contributed by atoms with Gasteiger partial charge >= 0.3 is 0 Å². The molecule has 0 unspecified atom stereocenters. The number of para-hydroxylation sites is 1. The molecule has 51 heavy (non-hydrogen) atoms. The number of imidazole rings is 1. The second kappa shape index (κ2) is 16.2. The number of rotatable bonds is 14. The lowest BCUT2D eigenvalue weighted by atomic mass is 10.1. The van der Waals surface area contributed by atoms with Crippen molar-refractivity contribution in [1.82, 2.24) is 19.8 Å². The molecule has 14 nitrogen and oxygen atoms in total. The molecular formula is C36H45N7O7S. The van der Waals surface area contributed by atoms with Crippen LogP contribution in [-0.4, -0.2) is 106 Å². The van der Waals surface area contributed by atoms with Gasteiger partial charge in [0.05, 0.1) is 42.4 Å². The third kappa shape index (κ3) is 9.55. The van der Waals surface area contributed by atoms with Crippen LogP contribution >= 0.6 is 0 Å². The van der Waals surface area contributed by atoms with Crippen molar-refractivity contribution in [2.45, 2.75) is 32.6 Å². The summed E-state index contributed by atoms with van der Waals surface area (Å²) in [7, 11) is 1.60. The Kier molecular flexibility index (Phi) is 11.8. The van der Waals surface area contributed by atoms with Crippen molar-refractivity contribution in [2.75, 3.05) is 75.2 Å². The van der Waals surface area contributed by atoms with E-state index in [-0.39, 0.29) is 34.6 Å². The van der Waals surface area contributed by atoms with Crippen LogP contribution < -0.4 is 24.4 Å². The number of anilines is 3. The van der Waals surface area contributed by atoms with Gasteiger partial charge in [-0.2, -0.15) is 0 Å². The standard InChI is InChI=1S/C36H45N7O7S/c1-24-13-16-29(31(22-24)50-21-8-6-7-12-32(44)43-19-17-41(2)18-20-43)42(3)35(46)25-14-15-27(30(23-25)49-4)37-34(45)26-10-9-11-28-33(26)39-36(38-28)40-51(5,47)48/h9-11,13-16,22-23H,6-8,12,17-21H2,1-5H3,(H,37,45)(H2,38,39,40). The summed E-state index contributed by atoms with van der Waals surface area (Å²) in [6.07, 6.45) is 3.98. The average Bonchev–Trinajstić information content (AvgIpc) is 3.50. The largest absolute Gasteiger partial charge is 0.495 e. The molecule has 0 bridgehead atoms. The molecule has 0 spiro atoms. The average molecular weight is 720 g/mol. The van der Waals surface area contributed by atoms with Crippen LogP contribution in [-0.2, 0) is 14.8 Å².